The second-order valence-electron chi connectivity index (χ2n) is 6.11. The fraction of sp³-hybridized carbons (Fsp3) is 0.136. The molecule has 4 rings (SSSR count). The van der Waals surface area contributed by atoms with Crippen molar-refractivity contribution in [1.29, 1.82) is 0 Å². The molecule has 0 saturated heterocycles. The van der Waals surface area contributed by atoms with Crippen LogP contribution in [-0.4, -0.2) is 21.1 Å². The van der Waals surface area contributed by atoms with Gasteiger partial charge in [0.2, 0.25) is 0 Å². The third-order valence-electron chi connectivity index (χ3n) is 4.29. The molecule has 0 atom stereocenters. The van der Waals surface area contributed by atoms with Gasteiger partial charge in [-0.15, -0.1) is 0 Å². The van der Waals surface area contributed by atoms with Crippen LogP contribution in [0.2, 0.25) is 0 Å². The van der Waals surface area contributed by atoms with Crippen LogP contribution in [0.3, 0.4) is 0 Å². The van der Waals surface area contributed by atoms with Crippen LogP contribution in [0.4, 0.5) is 14.6 Å². The largest absolute Gasteiger partial charge is 0.306 e. The molecule has 2 aromatic carbocycles. The highest BCUT2D eigenvalue weighted by Crippen LogP contribution is 2.27. The number of aromatic amines is 1. The number of anilines is 1. The van der Waals surface area contributed by atoms with Crippen LogP contribution in [0, 0.1) is 18.6 Å². The molecule has 2 N–H and O–H groups in total. The summed E-state index contributed by atoms with van der Waals surface area (Å²) in [5, 5.41) is 10.4. The number of hydrogen-bond donors (Lipinski definition) is 2. The maximum Gasteiger partial charge on any atom is 0.262 e. The van der Waals surface area contributed by atoms with Gasteiger partial charge in [0.25, 0.3) is 5.91 Å². The number of halogens is 2. The number of nitrogens with zero attached hydrogens (tertiary/aromatic N) is 2. The van der Waals surface area contributed by atoms with Gasteiger partial charge in [-0.3, -0.25) is 9.89 Å². The first-order valence-corrected chi connectivity index (χ1v) is 9.18. The first-order valence-electron chi connectivity index (χ1n) is 9.18. The summed E-state index contributed by atoms with van der Waals surface area (Å²) in [5.74, 6) is -2.53. The second kappa shape index (κ2) is 8.60. The summed E-state index contributed by atoms with van der Waals surface area (Å²) in [7, 11) is 0. The smallest absolute Gasteiger partial charge is 0.262 e. The van der Waals surface area contributed by atoms with Crippen molar-refractivity contribution in [2.45, 2.75) is 20.8 Å². The Kier molecular flexibility index (Phi) is 5.97. The Hall–Kier alpha value is -3.61. The highest BCUT2D eigenvalue weighted by molar-refractivity contribution is 6.04. The number of benzene rings is 2. The number of aryl methyl sites for hydroxylation is 1. The third-order valence-corrected chi connectivity index (χ3v) is 4.29. The molecule has 0 aliphatic heterocycles. The standard InChI is InChI=1S/C20H14F2N4O.C2H6/c1-11-7-13-10-24-26-17(13)8-14(11)12-5-6-18(23-9-12)25-20(27)19-15(21)3-2-4-16(19)22;1-2/h2-10H,1H3,(H,24,26)(H,23,25,27);1-2H3. The number of fused-ring (bicyclic) bond motifs is 1. The minimum Gasteiger partial charge on any atom is -0.306 e. The van der Waals surface area contributed by atoms with Crippen molar-refractivity contribution >= 4 is 22.6 Å². The molecule has 0 saturated carbocycles. The molecule has 0 radical (unpaired) electrons. The van der Waals surface area contributed by atoms with E-state index in [-0.39, 0.29) is 5.82 Å². The van der Waals surface area contributed by atoms with Crippen molar-refractivity contribution in [2.75, 3.05) is 5.32 Å². The summed E-state index contributed by atoms with van der Waals surface area (Å²) in [4.78, 5) is 16.3. The molecule has 0 unspecified atom stereocenters. The first kappa shape index (κ1) is 20.1. The minimum absolute atomic E-state index is 0.201. The molecular formula is C22H20F2N4O. The molecule has 0 spiro atoms. The van der Waals surface area contributed by atoms with E-state index in [0.29, 0.717) is 0 Å². The number of aromatic nitrogens is 3. The van der Waals surface area contributed by atoms with E-state index in [9.17, 15) is 13.6 Å². The molecule has 0 aliphatic rings. The first-order chi connectivity index (χ1) is 14.0. The van der Waals surface area contributed by atoms with E-state index in [4.69, 9.17) is 0 Å². The molecule has 0 fully saturated rings. The highest BCUT2D eigenvalue weighted by atomic mass is 19.1. The van der Waals surface area contributed by atoms with E-state index < -0.39 is 23.1 Å². The fourth-order valence-electron chi connectivity index (χ4n) is 2.94. The molecule has 7 heteroatoms. The fourth-order valence-corrected chi connectivity index (χ4v) is 2.94. The number of nitrogens with one attached hydrogen (secondary N) is 2. The van der Waals surface area contributed by atoms with Gasteiger partial charge < -0.3 is 5.32 Å². The van der Waals surface area contributed by atoms with Gasteiger partial charge in [-0.05, 0) is 54.4 Å². The van der Waals surface area contributed by atoms with Crippen molar-refractivity contribution < 1.29 is 13.6 Å². The number of rotatable bonds is 3. The van der Waals surface area contributed by atoms with Crippen LogP contribution in [0.25, 0.3) is 22.0 Å². The van der Waals surface area contributed by atoms with Gasteiger partial charge >= 0.3 is 0 Å². The van der Waals surface area contributed by atoms with Crippen molar-refractivity contribution in [3.8, 4) is 11.1 Å². The average Bonchev–Trinajstić information content (AvgIpc) is 3.16. The van der Waals surface area contributed by atoms with Crippen molar-refractivity contribution in [1.82, 2.24) is 15.2 Å². The third kappa shape index (κ3) is 4.13. The number of pyridine rings is 1. The van der Waals surface area contributed by atoms with E-state index in [0.717, 1.165) is 39.7 Å². The summed E-state index contributed by atoms with van der Waals surface area (Å²) >= 11 is 0. The van der Waals surface area contributed by atoms with Gasteiger partial charge in [-0.2, -0.15) is 5.10 Å². The molecule has 5 nitrogen and oxygen atoms in total. The molecule has 29 heavy (non-hydrogen) atoms. The highest BCUT2D eigenvalue weighted by Gasteiger charge is 2.17. The van der Waals surface area contributed by atoms with Crippen LogP contribution in [0.15, 0.2) is 54.9 Å². The van der Waals surface area contributed by atoms with E-state index in [1.165, 1.54) is 6.07 Å². The monoisotopic (exact) mass is 394 g/mol. The molecule has 2 aromatic heterocycles. The number of H-pyrrole nitrogens is 1. The molecule has 2 heterocycles. The lowest BCUT2D eigenvalue weighted by molar-refractivity contribution is 0.101. The van der Waals surface area contributed by atoms with Crippen LogP contribution >= 0.6 is 0 Å². The lowest BCUT2D eigenvalue weighted by Gasteiger charge is -2.09. The van der Waals surface area contributed by atoms with Gasteiger partial charge in [0.15, 0.2) is 0 Å². The Morgan fingerprint density at radius 3 is 2.41 bits per heavy atom. The number of carbonyl (C=O) groups is 1. The number of carbonyl (C=O) groups excluding carboxylic acids is 1. The van der Waals surface area contributed by atoms with Crippen LogP contribution in [0.5, 0.6) is 0 Å². The number of amides is 1. The normalized spacial score (nSPS) is 10.4. The SMILES string of the molecule is CC.Cc1cc2cn[nH]c2cc1-c1ccc(NC(=O)c2c(F)cccc2F)nc1. The quantitative estimate of drug-likeness (QED) is 0.483. The minimum atomic E-state index is -0.924. The summed E-state index contributed by atoms with van der Waals surface area (Å²) in [6.07, 6.45) is 3.35. The van der Waals surface area contributed by atoms with Crippen LogP contribution in [0.1, 0.15) is 29.8 Å². The van der Waals surface area contributed by atoms with E-state index in [1.54, 1.807) is 24.5 Å². The summed E-state index contributed by atoms with van der Waals surface area (Å²) < 4.78 is 27.4. The number of hydrogen-bond acceptors (Lipinski definition) is 3. The van der Waals surface area contributed by atoms with Gasteiger partial charge in [0.05, 0.1) is 11.7 Å². The zero-order valence-corrected chi connectivity index (χ0v) is 16.3. The van der Waals surface area contributed by atoms with Crippen LogP contribution in [-0.2, 0) is 0 Å². The average molecular weight is 394 g/mol. The topological polar surface area (TPSA) is 70.7 Å². The van der Waals surface area contributed by atoms with Gasteiger partial charge in [-0.1, -0.05) is 19.9 Å². The summed E-state index contributed by atoms with van der Waals surface area (Å²) in [6.45, 7) is 5.98. The molecular weight excluding hydrogens is 374 g/mol. The second-order valence-corrected chi connectivity index (χ2v) is 6.11. The zero-order valence-electron chi connectivity index (χ0n) is 16.3. The van der Waals surface area contributed by atoms with Crippen LogP contribution < -0.4 is 5.32 Å². The Morgan fingerprint density at radius 1 is 1.03 bits per heavy atom. The van der Waals surface area contributed by atoms with Crippen molar-refractivity contribution in [3.05, 3.63) is 77.6 Å². The molecule has 148 valence electrons. The summed E-state index contributed by atoms with van der Waals surface area (Å²) in [5.41, 5.74) is 3.14. The Morgan fingerprint density at radius 2 is 1.76 bits per heavy atom. The van der Waals surface area contributed by atoms with Gasteiger partial charge in [-0.25, -0.2) is 13.8 Å². The van der Waals surface area contributed by atoms with Crippen molar-refractivity contribution in [3.63, 3.8) is 0 Å². The van der Waals surface area contributed by atoms with Gasteiger partial charge in [0, 0.05) is 17.1 Å². The van der Waals surface area contributed by atoms with E-state index in [2.05, 4.69) is 20.5 Å². The lowest BCUT2D eigenvalue weighted by Crippen LogP contribution is -2.16. The summed E-state index contributed by atoms with van der Waals surface area (Å²) in [6, 6.07) is 10.6. The molecule has 4 aromatic rings. The predicted molar refractivity (Wildman–Crippen MR) is 110 cm³/mol. The molecule has 0 bridgehead atoms. The Balaban J connectivity index is 0.00000117. The maximum atomic E-state index is 13.7. The zero-order chi connectivity index (χ0) is 21.0. The van der Waals surface area contributed by atoms with Gasteiger partial charge in [0.1, 0.15) is 23.0 Å². The molecule has 1 amide bonds. The lowest BCUT2D eigenvalue weighted by atomic mass is 10.0. The van der Waals surface area contributed by atoms with E-state index >= 15 is 0 Å². The predicted octanol–water partition coefficient (Wildman–Crippen LogP) is 5.49. The van der Waals surface area contributed by atoms with Crippen molar-refractivity contribution in [2.24, 2.45) is 0 Å². The molecule has 0 aliphatic carbocycles. The Labute approximate surface area is 166 Å². The van der Waals surface area contributed by atoms with E-state index in [1.807, 2.05) is 32.9 Å². The Bertz CT molecular complexity index is 1130. The maximum absolute atomic E-state index is 13.7.